The molecule has 11 heavy (non-hydrogen) atoms. The number of rotatable bonds is 6. The Hall–Kier alpha value is -0.570. The van der Waals surface area contributed by atoms with E-state index < -0.39 is 0 Å². The monoisotopic (exact) mass is 158 g/mol. The molecule has 1 unspecified atom stereocenters. The van der Waals surface area contributed by atoms with Crippen molar-refractivity contribution in [2.24, 2.45) is 5.73 Å². The Morgan fingerprint density at radius 1 is 1.64 bits per heavy atom. The third-order valence-corrected chi connectivity index (χ3v) is 1.47. The standard InChI is InChI=1S/C8H18N2O/c1-3-4-7(2)11-6-5-8(9)10/h7H,3-6H2,1-2H3,(H3,9,10). The van der Waals surface area contributed by atoms with Crippen molar-refractivity contribution >= 4 is 5.84 Å². The summed E-state index contributed by atoms with van der Waals surface area (Å²) in [5.41, 5.74) is 5.16. The molecule has 0 aliphatic heterocycles. The first-order valence-corrected chi connectivity index (χ1v) is 4.11. The molecule has 0 aromatic carbocycles. The average Bonchev–Trinajstić information content (AvgIpc) is 1.87. The lowest BCUT2D eigenvalue weighted by Gasteiger charge is -2.10. The van der Waals surface area contributed by atoms with E-state index in [2.05, 4.69) is 6.92 Å². The van der Waals surface area contributed by atoms with E-state index in [1.807, 2.05) is 6.92 Å². The van der Waals surface area contributed by atoms with Crippen LogP contribution in [0.5, 0.6) is 0 Å². The van der Waals surface area contributed by atoms with Crippen LogP contribution in [0, 0.1) is 5.41 Å². The molecule has 66 valence electrons. The first-order chi connectivity index (χ1) is 5.16. The second-order valence-electron chi connectivity index (χ2n) is 2.75. The van der Waals surface area contributed by atoms with E-state index in [1.165, 1.54) is 0 Å². The Labute approximate surface area is 68.4 Å². The Kier molecular flexibility index (Phi) is 5.84. The van der Waals surface area contributed by atoms with Crippen LogP contribution in [0.2, 0.25) is 0 Å². The SMILES string of the molecule is CCCC(C)OCCC(=N)N. The van der Waals surface area contributed by atoms with Crippen LogP contribution in [0.15, 0.2) is 0 Å². The molecule has 0 fully saturated rings. The van der Waals surface area contributed by atoms with Gasteiger partial charge in [-0.1, -0.05) is 13.3 Å². The lowest BCUT2D eigenvalue weighted by atomic mass is 10.2. The summed E-state index contributed by atoms with van der Waals surface area (Å²) >= 11 is 0. The normalized spacial score (nSPS) is 12.9. The van der Waals surface area contributed by atoms with Crippen LogP contribution >= 0.6 is 0 Å². The molecule has 3 nitrogen and oxygen atoms in total. The molecule has 0 radical (unpaired) electrons. The van der Waals surface area contributed by atoms with Gasteiger partial charge < -0.3 is 10.5 Å². The fourth-order valence-corrected chi connectivity index (χ4v) is 0.860. The Balaban J connectivity index is 3.16. The van der Waals surface area contributed by atoms with Gasteiger partial charge in [-0.05, 0) is 13.3 Å². The second-order valence-corrected chi connectivity index (χ2v) is 2.75. The van der Waals surface area contributed by atoms with E-state index >= 15 is 0 Å². The third-order valence-electron chi connectivity index (χ3n) is 1.47. The van der Waals surface area contributed by atoms with Crippen LogP contribution < -0.4 is 5.73 Å². The van der Waals surface area contributed by atoms with Crippen molar-refractivity contribution in [2.75, 3.05) is 6.61 Å². The molecular weight excluding hydrogens is 140 g/mol. The maximum Gasteiger partial charge on any atom is 0.0928 e. The lowest BCUT2D eigenvalue weighted by molar-refractivity contribution is 0.0648. The summed E-state index contributed by atoms with van der Waals surface area (Å²) in [4.78, 5) is 0. The van der Waals surface area contributed by atoms with E-state index in [4.69, 9.17) is 15.9 Å². The van der Waals surface area contributed by atoms with Gasteiger partial charge in [0.2, 0.25) is 0 Å². The molecule has 3 N–H and O–H groups in total. The highest BCUT2D eigenvalue weighted by atomic mass is 16.5. The molecule has 0 heterocycles. The van der Waals surface area contributed by atoms with Gasteiger partial charge >= 0.3 is 0 Å². The zero-order chi connectivity index (χ0) is 8.69. The molecule has 0 aliphatic carbocycles. The molecule has 0 spiro atoms. The molecule has 0 bridgehead atoms. The van der Waals surface area contributed by atoms with Gasteiger partial charge in [0.25, 0.3) is 0 Å². The molecule has 0 amide bonds. The maximum atomic E-state index is 6.94. The van der Waals surface area contributed by atoms with Gasteiger partial charge in [0.1, 0.15) is 0 Å². The van der Waals surface area contributed by atoms with Crippen molar-refractivity contribution in [2.45, 2.75) is 39.2 Å². The van der Waals surface area contributed by atoms with Crippen molar-refractivity contribution in [1.82, 2.24) is 0 Å². The molecule has 0 rings (SSSR count). The molecule has 0 aromatic rings. The van der Waals surface area contributed by atoms with Gasteiger partial charge in [-0.2, -0.15) is 0 Å². The summed E-state index contributed by atoms with van der Waals surface area (Å²) in [7, 11) is 0. The van der Waals surface area contributed by atoms with Crippen molar-refractivity contribution < 1.29 is 4.74 Å². The predicted molar refractivity (Wildman–Crippen MR) is 46.9 cm³/mol. The first-order valence-electron chi connectivity index (χ1n) is 4.11. The van der Waals surface area contributed by atoms with E-state index in [1.54, 1.807) is 0 Å². The smallest absolute Gasteiger partial charge is 0.0928 e. The van der Waals surface area contributed by atoms with E-state index in [9.17, 15) is 0 Å². The van der Waals surface area contributed by atoms with Gasteiger partial charge in [-0.15, -0.1) is 0 Å². The Morgan fingerprint density at radius 2 is 2.27 bits per heavy atom. The second kappa shape index (κ2) is 6.16. The number of nitrogens with one attached hydrogen (secondary N) is 1. The summed E-state index contributed by atoms with van der Waals surface area (Å²) in [6, 6.07) is 0. The number of hydrogen-bond acceptors (Lipinski definition) is 2. The van der Waals surface area contributed by atoms with Crippen LogP contribution in [0.3, 0.4) is 0 Å². The molecule has 3 heteroatoms. The summed E-state index contributed by atoms with van der Waals surface area (Å²) in [6.45, 7) is 4.75. The average molecular weight is 158 g/mol. The fraction of sp³-hybridized carbons (Fsp3) is 0.875. The van der Waals surface area contributed by atoms with Crippen molar-refractivity contribution in [3.05, 3.63) is 0 Å². The predicted octanol–water partition coefficient (Wildman–Crippen LogP) is 1.52. The summed E-state index contributed by atoms with van der Waals surface area (Å²) in [6.07, 6.45) is 3.08. The zero-order valence-corrected chi connectivity index (χ0v) is 7.39. The number of amidine groups is 1. The van der Waals surface area contributed by atoms with Gasteiger partial charge in [0.15, 0.2) is 0 Å². The highest BCUT2D eigenvalue weighted by molar-refractivity contribution is 5.76. The van der Waals surface area contributed by atoms with Gasteiger partial charge in [0.05, 0.1) is 18.5 Å². The first kappa shape index (κ1) is 10.4. The minimum Gasteiger partial charge on any atom is -0.388 e. The maximum absolute atomic E-state index is 6.94. The fourth-order valence-electron chi connectivity index (χ4n) is 0.860. The van der Waals surface area contributed by atoms with Gasteiger partial charge in [0, 0.05) is 6.42 Å². The molecule has 1 atom stereocenters. The van der Waals surface area contributed by atoms with Crippen LogP contribution in [0.25, 0.3) is 0 Å². The minimum absolute atomic E-state index is 0.202. The van der Waals surface area contributed by atoms with Crippen molar-refractivity contribution in [3.63, 3.8) is 0 Å². The topological polar surface area (TPSA) is 59.1 Å². The number of nitrogens with two attached hydrogens (primary N) is 1. The molecule has 0 saturated heterocycles. The highest BCUT2D eigenvalue weighted by Gasteiger charge is 1.99. The Morgan fingerprint density at radius 3 is 2.73 bits per heavy atom. The van der Waals surface area contributed by atoms with E-state index in [0.717, 1.165) is 12.8 Å². The van der Waals surface area contributed by atoms with E-state index in [-0.39, 0.29) is 5.84 Å². The molecule has 0 aromatic heterocycles. The largest absolute Gasteiger partial charge is 0.388 e. The van der Waals surface area contributed by atoms with Crippen molar-refractivity contribution in [3.8, 4) is 0 Å². The number of ether oxygens (including phenoxy) is 1. The van der Waals surface area contributed by atoms with Crippen LogP contribution in [-0.2, 0) is 4.74 Å². The van der Waals surface area contributed by atoms with Crippen LogP contribution in [0.4, 0.5) is 0 Å². The van der Waals surface area contributed by atoms with Crippen molar-refractivity contribution in [1.29, 1.82) is 5.41 Å². The molecule has 0 aliphatic rings. The summed E-state index contributed by atoms with van der Waals surface area (Å²) in [5.74, 6) is 0.202. The minimum atomic E-state index is 0.202. The summed E-state index contributed by atoms with van der Waals surface area (Å²) in [5, 5.41) is 6.94. The zero-order valence-electron chi connectivity index (χ0n) is 7.39. The van der Waals surface area contributed by atoms with Gasteiger partial charge in [-0.3, -0.25) is 5.41 Å². The third kappa shape index (κ3) is 7.33. The van der Waals surface area contributed by atoms with Gasteiger partial charge in [-0.25, -0.2) is 0 Å². The van der Waals surface area contributed by atoms with E-state index in [0.29, 0.717) is 19.1 Å². The molecule has 0 saturated carbocycles. The lowest BCUT2D eigenvalue weighted by Crippen LogP contribution is -2.16. The quantitative estimate of drug-likeness (QED) is 0.455. The number of hydrogen-bond donors (Lipinski definition) is 2. The van der Waals surface area contributed by atoms with Crippen LogP contribution in [0.1, 0.15) is 33.1 Å². The Bertz CT molecular complexity index is 115. The summed E-state index contributed by atoms with van der Waals surface area (Å²) < 4.78 is 5.37. The van der Waals surface area contributed by atoms with Crippen LogP contribution in [-0.4, -0.2) is 18.5 Å². The highest BCUT2D eigenvalue weighted by Crippen LogP contribution is 2.00. The molecular formula is C8H18N2O.